The van der Waals surface area contributed by atoms with E-state index in [2.05, 4.69) is 15.6 Å². The molecule has 7 heteroatoms. The number of hydrogen-bond acceptors (Lipinski definition) is 6. The largest absolute Gasteiger partial charge is 0.396 e. The van der Waals surface area contributed by atoms with Crippen molar-refractivity contribution < 1.29 is 10.0 Å². The van der Waals surface area contributed by atoms with Crippen LogP contribution in [0.5, 0.6) is 0 Å². The number of aliphatic hydroxyl groups excluding tert-OH is 1. The molecule has 0 aliphatic carbocycles. The molecule has 106 valence electrons. The molecule has 1 aromatic rings. The van der Waals surface area contributed by atoms with Gasteiger partial charge in [-0.3, -0.25) is 10.1 Å². The van der Waals surface area contributed by atoms with Crippen LogP contribution in [0.15, 0.2) is 12.1 Å². The highest BCUT2D eigenvalue weighted by Gasteiger charge is 2.17. The van der Waals surface area contributed by atoms with Gasteiger partial charge in [-0.15, -0.1) is 0 Å². The third-order valence-electron chi connectivity index (χ3n) is 2.57. The highest BCUT2D eigenvalue weighted by atomic mass is 16.6. The summed E-state index contributed by atoms with van der Waals surface area (Å²) in [6.07, 6.45) is 1.45. The molecule has 1 heterocycles. The predicted molar refractivity (Wildman–Crippen MR) is 74.5 cm³/mol. The summed E-state index contributed by atoms with van der Waals surface area (Å²) in [4.78, 5) is 14.7. The maximum atomic E-state index is 10.9. The van der Waals surface area contributed by atoms with Crippen molar-refractivity contribution in [3.8, 4) is 0 Å². The molecule has 1 aromatic heterocycles. The first-order chi connectivity index (χ1) is 9.08. The number of rotatable bonds is 8. The molecule has 0 saturated heterocycles. The van der Waals surface area contributed by atoms with E-state index >= 15 is 0 Å². The second-order valence-corrected chi connectivity index (χ2v) is 4.31. The Balaban J connectivity index is 2.91. The molecule has 0 aliphatic heterocycles. The minimum Gasteiger partial charge on any atom is -0.396 e. The van der Waals surface area contributed by atoms with Crippen LogP contribution < -0.4 is 10.6 Å². The van der Waals surface area contributed by atoms with Crippen molar-refractivity contribution in [3.05, 3.63) is 22.2 Å². The molecule has 0 aromatic carbocycles. The van der Waals surface area contributed by atoms with Gasteiger partial charge in [-0.05, 0) is 25.8 Å². The number of aliphatic hydroxyl groups is 1. The second-order valence-electron chi connectivity index (χ2n) is 4.31. The smallest absolute Gasteiger partial charge is 0.311 e. The van der Waals surface area contributed by atoms with Crippen LogP contribution >= 0.6 is 0 Å². The topological polar surface area (TPSA) is 100 Å². The lowest BCUT2D eigenvalue weighted by atomic mass is 10.2. The van der Waals surface area contributed by atoms with Crippen LogP contribution in [-0.4, -0.2) is 34.2 Å². The molecule has 0 saturated carbocycles. The third-order valence-corrected chi connectivity index (χ3v) is 2.57. The Kier molecular flexibility index (Phi) is 6.01. The highest BCUT2D eigenvalue weighted by molar-refractivity contribution is 5.60. The Bertz CT molecular complexity index is 425. The lowest BCUT2D eigenvalue weighted by Crippen LogP contribution is -2.18. The lowest BCUT2D eigenvalue weighted by molar-refractivity contribution is -0.384. The molecular formula is C12H20N4O3. The SMILES string of the molecule is CCCNc1ccc([N+](=O)[O-])c(NC(C)CCO)n1. The number of aromatic nitrogens is 1. The lowest BCUT2D eigenvalue weighted by Gasteiger charge is -2.14. The zero-order chi connectivity index (χ0) is 14.3. The molecule has 19 heavy (non-hydrogen) atoms. The minimum atomic E-state index is -0.468. The van der Waals surface area contributed by atoms with Crippen LogP contribution in [0, 0.1) is 10.1 Å². The van der Waals surface area contributed by atoms with E-state index in [1.807, 2.05) is 13.8 Å². The van der Waals surface area contributed by atoms with Gasteiger partial charge in [-0.25, -0.2) is 4.98 Å². The summed E-state index contributed by atoms with van der Waals surface area (Å²) < 4.78 is 0. The fraction of sp³-hybridized carbons (Fsp3) is 0.583. The quantitative estimate of drug-likeness (QED) is 0.492. The first kappa shape index (κ1) is 15.2. The van der Waals surface area contributed by atoms with Gasteiger partial charge in [0.2, 0.25) is 5.82 Å². The van der Waals surface area contributed by atoms with Gasteiger partial charge in [0, 0.05) is 25.3 Å². The van der Waals surface area contributed by atoms with Crippen molar-refractivity contribution in [3.63, 3.8) is 0 Å². The summed E-state index contributed by atoms with van der Waals surface area (Å²) in [5, 5.41) is 25.8. The van der Waals surface area contributed by atoms with Crippen molar-refractivity contribution in [2.45, 2.75) is 32.7 Å². The number of nitro groups is 1. The van der Waals surface area contributed by atoms with E-state index in [1.54, 1.807) is 6.07 Å². The Morgan fingerprint density at radius 3 is 2.84 bits per heavy atom. The standard InChI is InChI=1S/C12H20N4O3/c1-3-7-13-11-5-4-10(16(18)19)12(15-11)14-9(2)6-8-17/h4-5,9,17H,3,6-8H2,1-2H3,(H2,13,14,15). The van der Waals surface area contributed by atoms with E-state index in [-0.39, 0.29) is 24.2 Å². The van der Waals surface area contributed by atoms with Gasteiger partial charge in [0.25, 0.3) is 0 Å². The van der Waals surface area contributed by atoms with Gasteiger partial charge < -0.3 is 15.7 Å². The van der Waals surface area contributed by atoms with Crippen LogP contribution in [0.1, 0.15) is 26.7 Å². The van der Waals surface area contributed by atoms with E-state index in [0.29, 0.717) is 12.2 Å². The number of nitrogens with one attached hydrogen (secondary N) is 2. The number of hydrogen-bond donors (Lipinski definition) is 3. The first-order valence-electron chi connectivity index (χ1n) is 6.35. The van der Waals surface area contributed by atoms with Crippen molar-refractivity contribution in [2.24, 2.45) is 0 Å². The summed E-state index contributed by atoms with van der Waals surface area (Å²) in [6, 6.07) is 2.94. The van der Waals surface area contributed by atoms with Crippen LogP contribution in [-0.2, 0) is 0 Å². The summed E-state index contributed by atoms with van der Waals surface area (Å²) in [5.74, 6) is 0.832. The van der Waals surface area contributed by atoms with Gasteiger partial charge in [-0.1, -0.05) is 6.92 Å². The predicted octanol–water partition coefficient (Wildman–Crippen LogP) is 1.99. The molecule has 0 bridgehead atoms. The highest BCUT2D eigenvalue weighted by Crippen LogP contribution is 2.24. The third kappa shape index (κ3) is 4.70. The van der Waals surface area contributed by atoms with Crippen molar-refractivity contribution >= 4 is 17.3 Å². The van der Waals surface area contributed by atoms with Gasteiger partial charge >= 0.3 is 5.69 Å². The van der Waals surface area contributed by atoms with E-state index in [4.69, 9.17) is 5.11 Å². The molecule has 0 aliphatic rings. The summed E-state index contributed by atoms with van der Waals surface area (Å²) >= 11 is 0. The van der Waals surface area contributed by atoms with E-state index in [9.17, 15) is 10.1 Å². The van der Waals surface area contributed by atoms with Gasteiger partial charge in [0.15, 0.2) is 0 Å². The number of pyridine rings is 1. The van der Waals surface area contributed by atoms with Crippen LogP contribution in [0.2, 0.25) is 0 Å². The summed E-state index contributed by atoms with van der Waals surface area (Å²) in [6.45, 7) is 4.65. The van der Waals surface area contributed by atoms with E-state index < -0.39 is 4.92 Å². The van der Waals surface area contributed by atoms with Crippen molar-refractivity contribution in [1.82, 2.24) is 4.98 Å². The normalized spacial score (nSPS) is 11.9. The fourth-order valence-corrected chi connectivity index (χ4v) is 1.56. The Morgan fingerprint density at radius 1 is 1.53 bits per heavy atom. The molecule has 0 radical (unpaired) electrons. The monoisotopic (exact) mass is 268 g/mol. The second kappa shape index (κ2) is 7.52. The van der Waals surface area contributed by atoms with E-state index in [0.717, 1.165) is 13.0 Å². The zero-order valence-corrected chi connectivity index (χ0v) is 11.2. The maximum absolute atomic E-state index is 10.9. The molecule has 1 rings (SSSR count). The Morgan fingerprint density at radius 2 is 2.26 bits per heavy atom. The fourth-order valence-electron chi connectivity index (χ4n) is 1.56. The molecule has 7 nitrogen and oxygen atoms in total. The van der Waals surface area contributed by atoms with Gasteiger partial charge in [-0.2, -0.15) is 0 Å². The van der Waals surface area contributed by atoms with Crippen molar-refractivity contribution in [1.29, 1.82) is 0 Å². The van der Waals surface area contributed by atoms with Crippen LogP contribution in [0.4, 0.5) is 17.3 Å². The molecule has 0 amide bonds. The summed E-state index contributed by atoms with van der Waals surface area (Å²) in [7, 11) is 0. The summed E-state index contributed by atoms with van der Waals surface area (Å²) in [5.41, 5.74) is -0.0631. The maximum Gasteiger partial charge on any atom is 0.311 e. The molecule has 1 atom stereocenters. The van der Waals surface area contributed by atoms with Crippen LogP contribution in [0.25, 0.3) is 0 Å². The minimum absolute atomic E-state index is 0.0236. The average molecular weight is 268 g/mol. The Labute approximate surface area is 112 Å². The van der Waals surface area contributed by atoms with Gasteiger partial charge in [0.1, 0.15) is 5.82 Å². The number of anilines is 2. The molecule has 3 N–H and O–H groups in total. The van der Waals surface area contributed by atoms with Crippen LogP contribution in [0.3, 0.4) is 0 Å². The van der Waals surface area contributed by atoms with Gasteiger partial charge in [0.05, 0.1) is 4.92 Å². The molecule has 0 fully saturated rings. The first-order valence-corrected chi connectivity index (χ1v) is 6.35. The molecular weight excluding hydrogens is 248 g/mol. The van der Waals surface area contributed by atoms with Crippen molar-refractivity contribution in [2.75, 3.05) is 23.8 Å². The zero-order valence-electron chi connectivity index (χ0n) is 11.2. The average Bonchev–Trinajstić information content (AvgIpc) is 2.36. The molecule has 1 unspecified atom stereocenters. The Hall–Kier alpha value is -1.89. The number of nitrogens with zero attached hydrogens (tertiary/aromatic N) is 2. The molecule has 0 spiro atoms. The van der Waals surface area contributed by atoms with E-state index in [1.165, 1.54) is 6.07 Å².